The Balaban J connectivity index is 1.72. The highest BCUT2D eigenvalue weighted by Gasteiger charge is 2.10. The fourth-order valence-corrected chi connectivity index (χ4v) is 2.50. The van der Waals surface area contributed by atoms with Crippen molar-refractivity contribution in [3.05, 3.63) is 41.5 Å². The van der Waals surface area contributed by atoms with Gasteiger partial charge in [0.1, 0.15) is 25.0 Å². The predicted octanol–water partition coefficient (Wildman–Crippen LogP) is 2.52. The molecule has 2 aromatic rings. The molecule has 1 aromatic heterocycles. The number of amides is 1. The zero-order chi connectivity index (χ0) is 17.5. The number of carbonyl (C=O) groups excluding carboxylic acids is 1. The summed E-state index contributed by atoms with van der Waals surface area (Å²) in [7, 11) is 1.81. The normalized spacial score (nSPS) is 10.7. The molecule has 0 saturated carbocycles. The van der Waals surface area contributed by atoms with Crippen LogP contribution in [-0.2, 0) is 11.3 Å². The third-order valence-electron chi connectivity index (χ3n) is 4.12. The van der Waals surface area contributed by atoms with Crippen LogP contribution in [0, 0.1) is 20.8 Å². The van der Waals surface area contributed by atoms with Crippen LogP contribution in [0.2, 0.25) is 0 Å². The monoisotopic (exact) mass is 330 g/mol. The number of hydrogen-bond acceptors (Lipinski definition) is 4. The molecule has 0 fully saturated rings. The van der Waals surface area contributed by atoms with E-state index in [4.69, 9.17) is 4.74 Å². The first kappa shape index (κ1) is 18.0. The van der Waals surface area contributed by atoms with Gasteiger partial charge in [-0.25, -0.2) is 4.98 Å². The van der Waals surface area contributed by atoms with Gasteiger partial charge in [-0.2, -0.15) is 5.10 Å². The molecule has 0 N–H and O–H groups in total. The summed E-state index contributed by atoms with van der Waals surface area (Å²) in [5, 5.41) is 4.02. The van der Waals surface area contributed by atoms with Crippen LogP contribution in [-0.4, -0.2) is 45.8 Å². The first-order valence-corrected chi connectivity index (χ1v) is 8.24. The molecule has 0 aliphatic heterocycles. The molecule has 0 unspecified atom stereocenters. The van der Waals surface area contributed by atoms with Crippen molar-refractivity contribution in [2.75, 3.05) is 20.2 Å². The van der Waals surface area contributed by atoms with Crippen molar-refractivity contribution < 1.29 is 9.53 Å². The van der Waals surface area contributed by atoms with E-state index in [1.807, 2.05) is 13.1 Å². The fraction of sp³-hybridized carbons (Fsp3) is 0.500. The van der Waals surface area contributed by atoms with Crippen LogP contribution in [0.15, 0.2) is 24.8 Å². The summed E-state index contributed by atoms with van der Waals surface area (Å²) < 4.78 is 7.60. The van der Waals surface area contributed by atoms with E-state index >= 15 is 0 Å². The summed E-state index contributed by atoms with van der Waals surface area (Å²) in [4.78, 5) is 17.7. The largest absolute Gasteiger partial charge is 0.491 e. The minimum Gasteiger partial charge on any atom is -0.491 e. The third-order valence-corrected chi connectivity index (χ3v) is 4.12. The lowest BCUT2D eigenvalue weighted by atomic mass is 10.1. The average molecular weight is 330 g/mol. The highest BCUT2D eigenvalue weighted by molar-refractivity contribution is 5.75. The second-order valence-corrected chi connectivity index (χ2v) is 6.13. The molecule has 0 saturated heterocycles. The van der Waals surface area contributed by atoms with Crippen molar-refractivity contribution in [3.63, 3.8) is 0 Å². The number of nitrogens with zero attached hydrogens (tertiary/aromatic N) is 4. The molecule has 6 nitrogen and oxygen atoms in total. The number of likely N-dealkylation sites (N-methyl/N-ethyl adjacent to an activating group) is 1. The molecule has 24 heavy (non-hydrogen) atoms. The van der Waals surface area contributed by atoms with Crippen LogP contribution in [0.3, 0.4) is 0 Å². The van der Waals surface area contributed by atoms with E-state index in [2.05, 4.69) is 36.9 Å². The van der Waals surface area contributed by atoms with Crippen LogP contribution in [0.4, 0.5) is 0 Å². The minimum atomic E-state index is 0.121. The van der Waals surface area contributed by atoms with Crippen molar-refractivity contribution in [2.45, 2.75) is 40.2 Å². The number of rotatable bonds is 8. The highest BCUT2D eigenvalue weighted by Crippen LogP contribution is 2.23. The number of hydrogen-bond donors (Lipinski definition) is 0. The molecule has 1 amide bonds. The Labute approximate surface area is 143 Å². The maximum absolute atomic E-state index is 12.1. The number of ether oxygens (including phenoxy) is 1. The average Bonchev–Trinajstić information content (AvgIpc) is 3.05. The smallest absolute Gasteiger partial charge is 0.222 e. The molecule has 1 heterocycles. The Morgan fingerprint density at radius 3 is 2.79 bits per heavy atom. The topological polar surface area (TPSA) is 60.2 Å². The molecular formula is C18H26N4O2. The highest BCUT2D eigenvalue weighted by atomic mass is 16.5. The van der Waals surface area contributed by atoms with Gasteiger partial charge in [-0.1, -0.05) is 6.07 Å². The molecular weight excluding hydrogens is 304 g/mol. The van der Waals surface area contributed by atoms with E-state index in [9.17, 15) is 4.79 Å². The van der Waals surface area contributed by atoms with Gasteiger partial charge in [0.05, 0.1) is 6.54 Å². The van der Waals surface area contributed by atoms with Crippen molar-refractivity contribution in [2.24, 2.45) is 0 Å². The summed E-state index contributed by atoms with van der Waals surface area (Å²) in [6.07, 6.45) is 4.41. The molecule has 130 valence electrons. The molecule has 0 aliphatic carbocycles. The van der Waals surface area contributed by atoms with Crippen LogP contribution in [0.5, 0.6) is 5.75 Å². The van der Waals surface area contributed by atoms with Crippen molar-refractivity contribution >= 4 is 5.91 Å². The molecule has 0 radical (unpaired) electrons. The molecule has 0 bridgehead atoms. The number of benzene rings is 1. The summed E-state index contributed by atoms with van der Waals surface area (Å²) in [6, 6.07) is 4.19. The quantitative estimate of drug-likeness (QED) is 0.746. The minimum absolute atomic E-state index is 0.121. The zero-order valence-corrected chi connectivity index (χ0v) is 15.0. The zero-order valence-electron chi connectivity index (χ0n) is 15.0. The third kappa shape index (κ3) is 5.08. The first-order chi connectivity index (χ1) is 11.5. The number of aromatic nitrogens is 3. The summed E-state index contributed by atoms with van der Waals surface area (Å²) in [5.41, 5.74) is 3.57. The Bertz CT molecular complexity index is 668. The molecule has 0 atom stereocenters. The lowest BCUT2D eigenvalue weighted by molar-refractivity contribution is -0.130. The van der Waals surface area contributed by atoms with Crippen LogP contribution in [0.25, 0.3) is 0 Å². The van der Waals surface area contributed by atoms with Gasteiger partial charge in [-0.3, -0.25) is 9.48 Å². The Hall–Kier alpha value is -2.37. The maximum atomic E-state index is 12.1. The maximum Gasteiger partial charge on any atom is 0.222 e. The molecule has 0 spiro atoms. The van der Waals surface area contributed by atoms with E-state index in [0.29, 0.717) is 26.1 Å². The first-order valence-electron chi connectivity index (χ1n) is 8.24. The van der Waals surface area contributed by atoms with Gasteiger partial charge < -0.3 is 9.64 Å². The van der Waals surface area contributed by atoms with Crippen molar-refractivity contribution in [1.82, 2.24) is 19.7 Å². The van der Waals surface area contributed by atoms with Gasteiger partial charge in [0.2, 0.25) is 5.91 Å². The second-order valence-electron chi connectivity index (χ2n) is 6.13. The van der Waals surface area contributed by atoms with Crippen molar-refractivity contribution in [1.29, 1.82) is 0 Å². The Morgan fingerprint density at radius 2 is 2.08 bits per heavy atom. The SMILES string of the molecule is Cc1cc(C)c(C)c(OCCN(C)C(=O)CCCn2cncn2)c1. The lowest BCUT2D eigenvalue weighted by Gasteiger charge is -2.18. The van der Waals surface area contributed by atoms with E-state index in [1.54, 1.807) is 15.9 Å². The standard InChI is InChI=1S/C18H26N4O2/c1-14-10-15(2)16(3)17(11-14)24-9-8-21(4)18(23)6-5-7-22-13-19-12-20-22/h10-13H,5-9H2,1-4H3. The summed E-state index contributed by atoms with van der Waals surface area (Å²) >= 11 is 0. The van der Waals surface area contributed by atoms with Gasteiger partial charge in [0, 0.05) is 20.0 Å². The predicted molar refractivity (Wildman–Crippen MR) is 93.0 cm³/mol. The molecule has 0 aliphatic rings. The molecule has 6 heteroatoms. The number of carbonyl (C=O) groups is 1. The number of aryl methyl sites for hydroxylation is 3. The van der Waals surface area contributed by atoms with E-state index in [-0.39, 0.29) is 5.91 Å². The van der Waals surface area contributed by atoms with Gasteiger partial charge in [0.25, 0.3) is 0 Å². The van der Waals surface area contributed by atoms with Gasteiger partial charge in [0.15, 0.2) is 0 Å². The Morgan fingerprint density at radius 1 is 1.29 bits per heavy atom. The van der Waals surface area contributed by atoms with E-state index < -0.39 is 0 Å². The van der Waals surface area contributed by atoms with Crippen LogP contribution >= 0.6 is 0 Å². The lowest BCUT2D eigenvalue weighted by Crippen LogP contribution is -2.31. The van der Waals surface area contributed by atoms with E-state index in [1.165, 1.54) is 17.5 Å². The summed E-state index contributed by atoms with van der Waals surface area (Å²) in [5.74, 6) is 1.02. The van der Waals surface area contributed by atoms with Crippen LogP contribution < -0.4 is 4.74 Å². The van der Waals surface area contributed by atoms with Gasteiger partial charge in [-0.05, 0) is 49.9 Å². The van der Waals surface area contributed by atoms with E-state index in [0.717, 1.165) is 17.7 Å². The van der Waals surface area contributed by atoms with Crippen LogP contribution in [0.1, 0.15) is 29.5 Å². The van der Waals surface area contributed by atoms with Crippen molar-refractivity contribution in [3.8, 4) is 5.75 Å². The van der Waals surface area contributed by atoms with Gasteiger partial charge in [-0.15, -0.1) is 0 Å². The molecule has 2 rings (SSSR count). The Kier molecular flexibility index (Phi) is 6.35. The van der Waals surface area contributed by atoms with Gasteiger partial charge >= 0.3 is 0 Å². The second kappa shape index (κ2) is 8.47. The molecule has 1 aromatic carbocycles. The fourth-order valence-electron chi connectivity index (χ4n) is 2.50. The summed E-state index contributed by atoms with van der Waals surface area (Å²) in [6.45, 7) is 7.98.